The molecule has 0 unspecified atom stereocenters. The van der Waals surface area contributed by atoms with Crippen LogP contribution in [-0.2, 0) is 16.7 Å². The summed E-state index contributed by atoms with van der Waals surface area (Å²) >= 11 is 5.33. The monoisotopic (exact) mass is 460 g/mol. The lowest BCUT2D eigenvalue weighted by Gasteiger charge is -2.33. The van der Waals surface area contributed by atoms with E-state index in [2.05, 4.69) is 10.00 Å². The third-order valence-corrected chi connectivity index (χ3v) is 7.48. The van der Waals surface area contributed by atoms with Crippen LogP contribution in [-0.4, -0.2) is 60.4 Å². The number of ether oxygens (including phenoxy) is 2. The minimum absolute atomic E-state index is 0.197. The van der Waals surface area contributed by atoms with Crippen LogP contribution >= 0.6 is 12.2 Å². The van der Waals surface area contributed by atoms with E-state index in [1.54, 1.807) is 41.1 Å². The van der Waals surface area contributed by atoms with E-state index in [-0.39, 0.29) is 11.6 Å². The van der Waals surface area contributed by atoms with E-state index in [4.69, 9.17) is 26.1 Å². The zero-order valence-corrected chi connectivity index (χ0v) is 18.1. The summed E-state index contributed by atoms with van der Waals surface area (Å²) in [5.74, 6) is 1.72. The molecule has 1 fully saturated rings. The van der Waals surface area contributed by atoms with E-state index in [9.17, 15) is 8.42 Å². The average Bonchev–Trinajstić information content (AvgIpc) is 3.41. The number of hydrogen-bond donors (Lipinski definition) is 0. The maximum absolute atomic E-state index is 12.8. The number of piperazine rings is 1. The molecule has 2 aliphatic rings. The Balaban J connectivity index is 1.26. The van der Waals surface area contributed by atoms with Gasteiger partial charge in [-0.3, -0.25) is 4.90 Å². The van der Waals surface area contributed by atoms with Crippen LogP contribution in [0.3, 0.4) is 0 Å². The van der Waals surface area contributed by atoms with Crippen LogP contribution in [0.2, 0.25) is 0 Å². The van der Waals surface area contributed by atoms with Crippen molar-refractivity contribution in [3.05, 3.63) is 53.4 Å². The molecule has 5 rings (SSSR count). The summed E-state index contributed by atoms with van der Waals surface area (Å²) < 4.78 is 45.1. The van der Waals surface area contributed by atoms with Gasteiger partial charge in [-0.25, -0.2) is 13.1 Å². The van der Waals surface area contributed by atoms with Gasteiger partial charge in [-0.15, -0.1) is 5.10 Å². The van der Waals surface area contributed by atoms with Gasteiger partial charge in [-0.05, 0) is 42.5 Å². The van der Waals surface area contributed by atoms with Crippen molar-refractivity contribution >= 4 is 22.2 Å². The molecule has 9 nitrogen and oxygen atoms in total. The van der Waals surface area contributed by atoms with Gasteiger partial charge in [0.05, 0.1) is 11.6 Å². The van der Waals surface area contributed by atoms with Crippen molar-refractivity contribution in [3.63, 3.8) is 0 Å². The average molecular weight is 461 g/mol. The molecule has 2 aliphatic heterocycles. The van der Waals surface area contributed by atoms with E-state index in [0.717, 1.165) is 5.56 Å². The summed E-state index contributed by atoms with van der Waals surface area (Å²) in [5, 5.41) is 4.49. The summed E-state index contributed by atoms with van der Waals surface area (Å²) in [5.41, 5.74) is 0.743. The second-order valence-corrected chi connectivity index (χ2v) is 9.50. The third-order valence-electron chi connectivity index (χ3n) is 5.27. The first kappa shape index (κ1) is 20.2. The van der Waals surface area contributed by atoms with Crippen molar-refractivity contribution in [1.29, 1.82) is 0 Å². The number of aromatic nitrogens is 2. The van der Waals surface area contributed by atoms with Crippen molar-refractivity contribution in [2.45, 2.75) is 11.6 Å². The van der Waals surface area contributed by atoms with Crippen LogP contribution in [0.4, 0.5) is 0 Å². The first-order valence-electron chi connectivity index (χ1n) is 9.76. The van der Waals surface area contributed by atoms with Crippen molar-refractivity contribution in [3.8, 4) is 23.0 Å². The lowest BCUT2D eigenvalue weighted by Crippen LogP contribution is -2.48. The van der Waals surface area contributed by atoms with Gasteiger partial charge >= 0.3 is 0 Å². The predicted octanol–water partition coefficient (Wildman–Crippen LogP) is 2.57. The minimum Gasteiger partial charge on any atom is -0.454 e. The van der Waals surface area contributed by atoms with Crippen LogP contribution in [0.15, 0.2) is 57.8 Å². The molecular weight excluding hydrogens is 440 g/mol. The van der Waals surface area contributed by atoms with Gasteiger partial charge in [0.25, 0.3) is 4.84 Å². The summed E-state index contributed by atoms with van der Waals surface area (Å²) in [7, 11) is -3.48. The minimum atomic E-state index is -3.48. The second kappa shape index (κ2) is 8.08. The zero-order valence-electron chi connectivity index (χ0n) is 16.5. The molecular formula is C20H20N4O5S2. The summed E-state index contributed by atoms with van der Waals surface area (Å²) in [6.45, 7) is 2.56. The first-order valence-corrected chi connectivity index (χ1v) is 11.6. The highest BCUT2D eigenvalue weighted by atomic mass is 32.2. The van der Waals surface area contributed by atoms with E-state index in [1.807, 2.05) is 12.1 Å². The van der Waals surface area contributed by atoms with Crippen LogP contribution in [0, 0.1) is 4.84 Å². The van der Waals surface area contributed by atoms with Gasteiger partial charge in [0.15, 0.2) is 11.5 Å². The molecule has 0 atom stereocenters. The van der Waals surface area contributed by atoms with Crippen molar-refractivity contribution < 1.29 is 22.3 Å². The Hall–Kier alpha value is -2.73. The number of benzene rings is 2. The van der Waals surface area contributed by atoms with Crippen LogP contribution in [0.25, 0.3) is 11.5 Å². The molecule has 162 valence electrons. The van der Waals surface area contributed by atoms with Crippen molar-refractivity contribution in [2.24, 2.45) is 0 Å². The maximum Gasteiger partial charge on any atom is 0.288 e. The van der Waals surface area contributed by atoms with Crippen molar-refractivity contribution in [1.82, 2.24) is 19.0 Å². The van der Waals surface area contributed by atoms with Gasteiger partial charge in [0.2, 0.25) is 22.7 Å². The Kier molecular flexibility index (Phi) is 5.26. The molecule has 1 saturated heterocycles. The smallest absolute Gasteiger partial charge is 0.288 e. The Morgan fingerprint density at radius 1 is 0.968 bits per heavy atom. The Morgan fingerprint density at radius 2 is 1.71 bits per heavy atom. The Morgan fingerprint density at radius 3 is 2.48 bits per heavy atom. The van der Waals surface area contributed by atoms with Crippen LogP contribution in [0.5, 0.6) is 11.5 Å². The lowest BCUT2D eigenvalue weighted by atomic mass is 10.2. The number of fused-ring (bicyclic) bond motifs is 1. The van der Waals surface area contributed by atoms with Crippen molar-refractivity contribution in [2.75, 3.05) is 33.0 Å². The van der Waals surface area contributed by atoms with Crippen LogP contribution in [0.1, 0.15) is 0 Å². The van der Waals surface area contributed by atoms with Gasteiger partial charge < -0.3 is 13.9 Å². The number of sulfonamides is 1. The lowest BCUT2D eigenvalue weighted by molar-refractivity contribution is 0.143. The molecule has 3 aromatic rings. The summed E-state index contributed by atoms with van der Waals surface area (Å²) in [6, 6.07) is 14.0. The molecule has 0 spiro atoms. The molecule has 0 saturated carbocycles. The van der Waals surface area contributed by atoms with E-state index >= 15 is 0 Å². The first-order chi connectivity index (χ1) is 15.0. The van der Waals surface area contributed by atoms with E-state index in [0.29, 0.717) is 55.1 Å². The van der Waals surface area contributed by atoms with Gasteiger partial charge in [-0.2, -0.15) is 4.31 Å². The molecule has 2 aromatic carbocycles. The second-order valence-electron chi connectivity index (χ2n) is 7.22. The SMILES string of the molecule is O=S(=O)(c1ccccc1)N1CCN(Cn2nc(-c3ccc4c(c3)OCO4)oc2=S)CC1. The highest BCUT2D eigenvalue weighted by molar-refractivity contribution is 7.89. The summed E-state index contributed by atoms with van der Waals surface area (Å²) in [6.07, 6.45) is 0. The van der Waals surface area contributed by atoms with Gasteiger partial charge in [0, 0.05) is 31.7 Å². The molecule has 11 heteroatoms. The zero-order chi connectivity index (χ0) is 21.4. The maximum atomic E-state index is 12.8. The standard InChI is InChI=1S/C20H20N4O5S2/c25-31(26,16-4-2-1-3-5-16)23-10-8-22(9-11-23)13-24-20(30)29-19(21-24)15-6-7-17-18(12-15)28-14-27-17/h1-7,12H,8-11,13-14H2. The van der Waals surface area contributed by atoms with E-state index < -0.39 is 10.0 Å². The predicted molar refractivity (Wildman–Crippen MR) is 114 cm³/mol. The molecule has 0 amide bonds. The number of rotatable bonds is 5. The fourth-order valence-corrected chi connectivity index (χ4v) is 5.20. The largest absolute Gasteiger partial charge is 0.454 e. The fraction of sp³-hybridized carbons (Fsp3) is 0.300. The molecule has 1 aromatic heterocycles. The highest BCUT2D eigenvalue weighted by Gasteiger charge is 2.28. The van der Waals surface area contributed by atoms with Gasteiger partial charge in [-0.1, -0.05) is 18.2 Å². The summed E-state index contributed by atoms with van der Waals surface area (Å²) in [4.78, 5) is 2.67. The third kappa shape index (κ3) is 3.97. The fourth-order valence-electron chi connectivity index (χ4n) is 3.58. The van der Waals surface area contributed by atoms with Crippen LogP contribution < -0.4 is 9.47 Å². The molecule has 0 aliphatic carbocycles. The Bertz CT molecular complexity index is 1250. The quantitative estimate of drug-likeness (QED) is 0.537. The Labute approximate surface area is 184 Å². The topological polar surface area (TPSA) is 90.0 Å². The van der Waals surface area contributed by atoms with Gasteiger partial charge in [0.1, 0.15) is 0 Å². The molecule has 0 bridgehead atoms. The molecule has 3 heterocycles. The number of hydrogen-bond acceptors (Lipinski definition) is 8. The molecule has 0 N–H and O–H groups in total. The van der Waals surface area contributed by atoms with E-state index in [1.165, 1.54) is 4.31 Å². The molecule has 31 heavy (non-hydrogen) atoms. The normalized spacial score (nSPS) is 17.2. The molecule has 0 radical (unpaired) electrons. The number of nitrogens with zero attached hydrogens (tertiary/aromatic N) is 4. The highest BCUT2D eigenvalue weighted by Crippen LogP contribution is 2.35.